The number of hydrogen-bond donors (Lipinski definition) is 2. The number of fused-ring (bicyclic) bond motifs is 2. The van der Waals surface area contributed by atoms with E-state index in [2.05, 4.69) is 10.9 Å². The smallest absolute Gasteiger partial charge is 0.305 e. The molecule has 7 nitrogen and oxygen atoms in total. The van der Waals surface area contributed by atoms with E-state index in [0.717, 1.165) is 11.5 Å². The van der Waals surface area contributed by atoms with Crippen LogP contribution in [0.3, 0.4) is 0 Å². The summed E-state index contributed by atoms with van der Waals surface area (Å²) in [6, 6.07) is 12.7. The van der Waals surface area contributed by atoms with Crippen LogP contribution >= 0.6 is 11.6 Å². The van der Waals surface area contributed by atoms with Crippen molar-refractivity contribution in [2.24, 2.45) is 0 Å². The fourth-order valence-electron chi connectivity index (χ4n) is 2.86. The molecule has 0 bridgehead atoms. The van der Waals surface area contributed by atoms with Crippen LogP contribution in [-0.4, -0.2) is 11.8 Å². The van der Waals surface area contributed by atoms with Gasteiger partial charge in [-0.25, -0.2) is 0 Å². The van der Waals surface area contributed by atoms with Gasteiger partial charge in [0, 0.05) is 22.0 Å². The number of carbonyl (C=O) groups excluding carboxylic acids is 2. The summed E-state index contributed by atoms with van der Waals surface area (Å²) in [7, 11) is 0. The number of hydrogen-bond acceptors (Lipinski definition) is 5. The highest BCUT2D eigenvalue weighted by atomic mass is 35.5. The fourth-order valence-corrected chi connectivity index (χ4v) is 3.04. The number of rotatable bonds is 2. The first kappa shape index (κ1) is 17.8. The van der Waals surface area contributed by atoms with Crippen LogP contribution in [0.1, 0.15) is 26.7 Å². The lowest BCUT2D eigenvalue weighted by atomic mass is 10.1. The minimum Gasteiger partial charge on any atom is -0.451 e. The molecule has 0 atom stereocenters. The molecule has 2 heterocycles. The second-order valence-electron chi connectivity index (χ2n) is 6.08. The van der Waals surface area contributed by atoms with E-state index in [0.29, 0.717) is 16.2 Å². The van der Waals surface area contributed by atoms with E-state index >= 15 is 0 Å². The zero-order chi connectivity index (χ0) is 19.8. The minimum absolute atomic E-state index is 0.0797. The van der Waals surface area contributed by atoms with Crippen molar-refractivity contribution in [2.45, 2.75) is 6.92 Å². The molecule has 8 heteroatoms. The number of aryl methyl sites for hydroxylation is 1. The highest BCUT2D eigenvalue weighted by molar-refractivity contribution is 6.31. The van der Waals surface area contributed by atoms with Crippen molar-refractivity contribution in [2.75, 3.05) is 0 Å². The molecule has 4 aromatic rings. The van der Waals surface area contributed by atoms with Crippen LogP contribution < -0.4 is 16.3 Å². The molecule has 140 valence electrons. The number of nitrogens with one attached hydrogen (secondary N) is 2. The van der Waals surface area contributed by atoms with Crippen molar-refractivity contribution in [3.63, 3.8) is 0 Å². The molecule has 0 aliphatic heterocycles. The third kappa shape index (κ3) is 3.12. The molecule has 2 N–H and O–H groups in total. The first-order valence-corrected chi connectivity index (χ1v) is 8.64. The summed E-state index contributed by atoms with van der Waals surface area (Å²) in [6.45, 7) is 1.75. The summed E-state index contributed by atoms with van der Waals surface area (Å²) in [5.74, 6) is -1.58. The van der Waals surface area contributed by atoms with Crippen molar-refractivity contribution < 1.29 is 18.4 Å². The molecule has 0 fully saturated rings. The van der Waals surface area contributed by atoms with Gasteiger partial charge in [0.25, 0.3) is 0 Å². The summed E-state index contributed by atoms with van der Waals surface area (Å²) in [4.78, 5) is 36.8. The van der Waals surface area contributed by atoms with Crippen molar-refractivity contribution in [3.8, 4) is 0 Å². The van der Waals surface area contributed by atoms with Gasteiger partial charge in [-0.2, -0.15) is 0 Å². The van der Waals surface area contributed by atoms with Crippen molar-refractivity contribution in [3.05, 3.63) is 80.9 Å². The van der Waals surface area contributed by atoms with Gasteiger partial charge in [0.15, 0.2) is 16.9 Å². The Labute approximate surface area is 162 Å². The Kier molecular flexibility index (Phi) is 4.37. The van der Waals surface area contributed by atoms with Crippen LogP contribution in [0.2, 0.25) is 5.02 Å². The normalized spacial score (nSPS) is 10.9. The molecule has 2 aromatic heterocycles. The Morgan fingerprint density at radius 2 is 1.61 bits per heavy atom. The molecule has 0 saturated carbocycles. The third-order valence-corrected chi connectivity index (χ3v) is 4.49. The standard InChI is InChI=1S/C20H13ClN2O5/c1-10-12-4-2-3-5-15(12)28-18(10)20(26)23-22-19(25)17-9-14(24)13-8-11(21)6-7-16(13)27-17/h2-9H,1H3,(H,22,25)(H,23,26). The van der Waals surface area contributed by atoms with Gasteiger partial charge in [-0.05, 0) is 31.2 Å². The molecule has 4 rings (SSSR count). The maximum absolute atomic E-state index is 12.4. The molecular weight excluding hydrogens is 384 g/mol. The first-order valence-electron chi connectivity index (χ1n) is 8.26. The van der Waals surface area contributed by atoms with E-state index < -0.39 is 17.2 Å². The number of amides is 2. The molecule has 0 aliphatic carbocycles. The van der Waals surface area contributed by atoms with Crippen molar-refractivity contribution in [1.82, 2.24) is 10.9 Å². The average Bonchev–Trinajstić information content (AvgIpc) is 3.03. The summed E-state index contributed by atoms with van der Waals surface area (Å²) in [6.07, 6.45) is 0. The van der Waals surface area contributed by atoms with Gasteiger partial charge in [0.1, 0.15) is 11.2 Å². The maximum atomic E-state index is 12.4. The largest absolute Gasteiger partial charge is 0.451 e. The van der Waals surface area contributed by atoms with Crippen LogP contribution in [0.5, 0.6) is 0 Å². The summed E-state index contributed by atoms with van der Waals surface area (Å²) < 4.78 is 11.0. The Balaban J connectivity index is 1.54. The third-order valence-electron chi connectivity index (χ3n) is 4.25. The monoisotopic (exact) mass is 396 g/mol. The highest BCUT2D eigenvalue weighted by Gasteiger charge is 2.19. The predicted octanol–water partition coefficient (Wildman–Crippen LogP) is 3.58. The van der Waals surface area contributed by atoms with E-state index in [-0.39, 0.29) is 22.5 Å². The van der Waals surface area contributed by atoms with Gasteiger partial charge >= 0.3 is 11.8 Å². The number of halogens is 1. The Morgan fingerprint density at radius 3 is 2.39 bits per heavy atom. The zero-order valence-electron chi connectivity index (χ0n) is 14.5. The van der Waals surface area contributed by atoms with E-state index in [9.17, 15) is 14.4 Å². The summed E-state index contributed by atoms with van der Waals surface area (Å²) >= 11 is 5.86. The van der Waals surface area contributed by atoms with Gasteiger partial charge in [-0.15, -0.1) is 0 Å². The summed E-state index contributed by atoms with van der Waals surface area (Å²) in [5, 5.41) is 1.44. The number of para-hydroxylation sites is 1. The fraction of sp³-hybridized carbons (Fsp3) is 0.0500. The number of carbonyl (C=O) groups is 2. The number of furan rings is 1. The highest BCUT2D eigenvalue weighted by Crippen LogP contribution is 2.24. The van der Waals surface area contributed by atoms with Crippen LogP contribution in [0.15, 0.2) is 62.2 Å². The van der Waals surface area contributed by atoms with E-state index in [1.54, 1.807) is 25.1 Å². The van der Waals surface area contributed by atoms with Gasteiger partial charge in [0.05, 0.1) is 5.39 Å². The van der Waals surface area contributed by atoms with E-state index in [1.165, 1.54) is 12.1 Å². The van der Waals surface area contributed by atoms with Crippen LogP contribution in [0.4, 0.5) is 0 Å². The molecule has 2 aromatic carbocycles. The molecule has 28 heavy (non-hydrogen) atoms. The molecule has 0 aliphatic rings. The van der Waals surface area contributed by atoms with Gasteiger partial charge in [-0.3, -0.25) is 25.2 Å². The molecule has 0 radical (unpaired) electrons. The Hall–Kier alpha value is -3.58. The number of hydrazine groups is 1. The van der Waals surface area contributed by atoms with Crippen LogP contribution in [0, 0.1) is 6.92 Å². The van der Waals surface area contributed by atoms with Crippen LogP contribution in [-0.2, 0) is 0 Å². The van der Waals surface area contributed by atoms with E-state index in [1.807, 2.05) is 12.1 Å². The second-order valence-corrected chi connectivity index (χ2v) is 6.51. The molecular formula is C20H13ClN2O5. The number of benzene rings is 2. The molecule has 0 saturated heterocycles. The maximum Gasteiger partial charge on any atom is 0.305 e. The lowest BCUT2D eigenvalue weighted by Gasteiger charge is -2.06. The van der Waals surface area contributed by atoms with Crippen molar-refractivity contribution in [1.29, 1.82) is 0 Å². The molecule has 0 spiro atoms. The van der Waals surface area contributed by atoms with Gasteiger partial charge in [0.2, 0.25) is 0 Å². The Morgan fingerprint density at radius 1 is 0.893 bits per heavy atom. The second kappa shape index (κ2) is 6.86. The SMILES string of the molecule is Cc1c(C(=O)NNC(=O)c2cc(=O)c3cc(Cl)ccc3o2)oc2ccccc12. The first-order chi connectivity index (χ1) is 13.4. The van der Waals surface area contributed by atoms with E-state index in [4.69, 9.17) is 20.4 Å². The lowest BCUT2D eigenvalue weighted by Crippen LogP contribution is -2.41. The van der Waals surface area contributed by atoms with Crippen LogP contribution in [0.25, 0.3) is 21.9 Å². The topological polar surface area (TPSA) is 102 Å². The minimum atomic E-state index is -0.781. The zero-order valence-corrected chi connectivity index (χ0v) is 15.3. The quantitative estimate of drug-likeness (QED) is 0.504. The average molecular weight is 397 g/mol. The Bertz CT molecular complexity index is 1310. The molecule has 0 unspecified atom stereocenters. The van der Waals surface area contributed by atoms with Crippen molar-refractivity contribution >= 4 is 45.4 Å². The predicted molar refractivity (Wildman–Crippen MR) is 103 cm³/mol. The molecule has 2 amide bonds. The van der Waals surface area contributed by atoms with Gasteiger partial charge < -0.3 is 8.83 Å². The summed E-state index contributed by atoms with van der Waals surface area (Å²) in [5.41, 5.74) is 5.48. The van der Waals surface area contributed by atoms with Gasteiger partial charge in [-0.1, -0.05) is 29.8 Å². The lowest BCUT2D eigenvalue weighted by molar-refractivity contribution is 0.0818.